The van der Waals surface area contributed by atoms with Crippen LogP contribution in [0.3, 0.4) is 0 Å². The molecule has 0 aliphatic heterocycles. The molecule has 0 heterocycles. The van der Waals surface area contributed by atoms with Gasteiger partial charge in [-0.25, -0.2) is 0 Å². The molecule has 2 heteroatoms. The lowest BCUT2D eigenvalue weighted by Crippen LogP contribution is -2.28. The molecule has 0 radical (unpaired) electrons. The Labute approximate surface area is 130 Å². The van der Waals surface area contributed by atoms with Gasteiger partial charge in [-0.05, 0) is 34.8 Å². The predicted octanol–water partition coefficient (Wildman–Crippen LogP) is 4.37. The summed E-state index contributed by atoms with van der Waals surface area (Å²) in [6, 6.07) is 8.40. The molecule has 2 nitrogen and oxygen atoms in total. The van der Waals surface area contributed by atoms with Gasteiger partial charge in [0.25, 0.3) is 0 Å². The molecule has 1 amide bonds. The van der Waals surface area contributed by atoms with Crippen LogP contribution in [0.1, 0.15) is 59.1 Å². The summed E-state index contributed by atoms with van der Waals surface area (Å²) in [5, 5.41) is 3.02. The maximum absolute atomic E-state index is 12.0. The van der Waals surface area contributed by atoms with E-state index in [1.165, 1.54) is 5.56 Å². The summed E-state index contributed by atoms with van der Waals surface area (Å²) in [6.45, 7) is 14.0. The molecule has 0 aliphatic carbocycles. The normalized spacial score (nSPS) is 12.3. The molecular formula is C19H31NO. The van der Waals surface area contributed by atoms with Crippen LogP contribution >= 0.6 is 0 Å². The standard InChI is InChI=1S/C19H31NO/c1-18(2,3)10-11-20-17(21)13-15-8-7-9-16(12-15)14-19(4,5)6/h7-9,12H,10-11,13-14H2,1-6H3,(H,20,21). The summed E-state index contributed by atoms with van der Waals surface area (Å²) in [5.41, 5.74) is 2.94. The van der Waals surface area contributed by atoms with Crippen molar-refractivity contribution in [3.05, 3.63) is 35.4 Å². The van der Waals surface area contributed by atoms with Crippen molar-refractivity contribution in [1.82, 2.24) is 5.32 Å². The first-order chi connectivity index (χ1) is 9.55. The average molecular weight is 289 g/mol. The van der Waals surface area contributed by atoms with Gasteiger partial charge >= 0.3 is 0 Å². The summed E-state index contributed by atoms with van der Waals surface area (Å²) in [5.74, 6) is 0.118. The van der Waals surface area contributed by atoms with Crippen LogP contribution in [0, 0.1) is 10.8 Å². The van der Waals surface area contributed by atoms with Gasteiger partial charge in [-0.2, -0.15) is 0 Å². The van der Waals surface area contributed by atoms with Crippen LogP contribution in [0.4, 0.5) is 0 Å². The van der Waals surface area contributed by atoms with Gasteiger partial charge in [-0.3, -0.25) is 4.79 Å². The Morgan fingerprint density at radius 1 is 1.00 bits per heavy atom. The second-order valence-electron chi connectivity index (χ2n) is 8.39. The molecule has 1 aromatic rings. The molecule has 1 rings (SSSR count). The summed E-state index contributed by atoms with van der Waals surface area (Å²) in [7, 11) is 0. The predicted molar refractivity (Wildman–Crippen MR) is 90.4 cm³/mol. The molecule has 0 aliphatic rings. The lowest BCUT2D eigenvalue weighted by Gasteiger charge is -2.19. The lowest BCUT2D eigenvalue weighted by atomic mass is 9.87. The largest absolute Gasteiger partial charge is 0.356 e. The van der Waals surface area contributed by atoms with E-state index in [-0.39, 0.29) is 16.7 Å². The molecule has 0 fully saturated rings. The number of hydrogen-bond acceptors (Lipinski definition) is 1. The molecular weight excluding hydrogens is 258 g/mol. The van der Waals surface area contributed by atoms with Crippen molar-refractivity contribution in [2.45, 2.75) is 60.8 Å². The zero-order valence-electron chi connectivity index (χ0n) is 14.5. The Morgan fingerprint density at radius 3 is 2.19 bits per heavy atom. The van der Waals surface area contributed by atoms with Crippen molar-refractivity contribution >= 4 is 5.91 Å². The van der Waals surface area contributed by atoms with Crippen LogP contribution in [-0.2, 0) is 17.6 Å². The molecule has 0 spiro atoms. The molecule has 0 aromatic heterocycles. The molecule has 1 aromatic carbocycles. The van der Waals surface area contributed by atoms with Crippen LogP contribution in [0.15, 0.2) is 24.3 Å². The van der Waals surface area contributed by atoms with Crippen LogP contribution in [0.25, 0.3) is 0 Å². The van der Waals surface area contributed by atoms with Gasteiger partial charge < -0.3 is 5.32 Å². The van der Waals surface area contributed by atoms with Crippen molar-refractivity contribution in [1.29, 1.82) is 0 Å². The summed E-state index contributed by atoms with van der Waals surface area (Å²) < 4.78 is 0. The third-order valence-corrected chi connectivity index (χ3v) is 3.29. The van der Waals surface area contributed by atoms with Crippen molar-refractivity contribution in [2.24, 2.45) is 10.8 Å². The minimum Gasteiger partial charge on any atom is -0.356 e. The van der Waals surface area contributed by atoms with Crippen LogP contribution < -0.4 is 5.32 Å². The maximum Gasteiger partial charge on any atom is 0.224 e. The molecule has 118 valence electrons. The van der Waals surface area contributed by atoms with Crippen LogP contribution in [0.2, 0.25) is 0 Å². The van der Waals surface area contributed by atoms with E-state index < -0.39 is 0 Å². The Balaban J connectivity index is 2.51. The van der Waals surface area contributed by atoms with Gasteiger partial charge in [0.05, 0.1) is 6.42 Å². The van der Waals surface area contributed by atoms with E-state index in [1.807, 2.05) is 6.07 Å². The minimum absolute atomic E-state index is 0.118. The van der Waals surface area contributed by atoms with Gasteiger partial charge in [-0.15, -0.1) is 0 Å². The number of carbonyl (C=O) groups is 1. The molecule has 0 saturated carbocycles. The first kappa shape index (κ1) is 17.7. The van der Waals surface area contributed by atoms with Gasteiger partial charge in [0, 0.05) is 6.54 Å². The number of rotatable bonds is 5. The van der Waals surface area contributed by atoms with E-state index in [1.54, 1.807) is 0 Å². The maximum atomic E-state index is 12.0. The van der Waals surface area contributed by atoms with E-state index in [0.29, 0.717) is 6.42 Å². The Kier molecular flexibility index (Phi) is 6.00. The molecule has 1 N–H and O–H groups in total. The monoisotopic (exact) mass is 289 g/mol. The highest BCUT2D eigenvalue weighted by atomic mass is 16.1. The SMILES string of the molecule is CC(C)(C)CCNC(=O)Cc1cccc(CC(C)(C)C)c1. The lowest BCUT2D eigenvalue weighted by molar-refractivity contribution is -0.120. The fourth-order valence-electron chi connectivity index (χ4n) is 2.29. The first-order valence-corrected chi connectivity index (χ1v) is 7.90. The molecule has 0 unspecified atom stereocenters. The second-order valence-corrected chi connectivity index (χ2v) is 8.39. The van der Waals surface area contributed by atoms with E-state index in [2.05, 4.69) is 65.1 Å². The van der Waals surface area contributed by atoms with Crippen molar-refractivity contribution < 1.29 is 4.79 Å². The molecule has 0 atom stereocenters. The van der Waals surface area contributed by atoms with Crippen LogP contribution in [-0.4, -0.2) is 12.5 Å². The van der Waals surface area contributed by atoms with Crippen molar-refractivity contribution in [2.75, 3.05) is 6.54 Å². The van der Waals surface area contributed by atoms with E-state index in [9.17, 15) is 4.79 Å². The number of amides is 1. The fraction of sp³-hybridized carbons (Fsp3) is 0.632. The minimum atomic E-state index is 0.118. The zero-order chi connectivity index (χ0) is 16.1. The molecule has 0 saturated heterocycles. The van der Waals surface area contributed by atoms with E-state index in [0.717, 1.165) is 24.9 Å². The van der Waals surface area contributed by atoms with E-state index in [4.69, 9.17) is 0 Å². The number of carbonyl (C=O) groups excluding carboxylic acids is 1. The highest BCUT2D eigenvalue weighted by molar-refractivity contribution is 5.78. The summed E-state index contributed by atoms with van der Waals surface area (Å²) in [4.78, 5) is 12.0. The van der Waals surface area contributed by atoms with Crippen molar-refractivity contribution in [3.63, 3.8) is 0 Å². The topological polar surface area (TPSA) is 29.1 Å². The molecule has 21 heavy (non-hydrogen) atoms. The average Bonchev–Trinajstić information content (AvgIpc) is 2.24. The smallest absolute Gasteiger partial charge is 0.224 e. The number of nitrogens with one attached hydrogen (secondary N) is 1. The highest BCUT2D eigenvalue weighted by Crippen LogP contribution is 2.21. The number of hydrogen-bond donors (Lipinski definition) is 1. The third kappa shape index (κ3) is 8.54. The fourth-order valence-corrected chi connectivity index (χ4v) is 2.29. The van der Waals surface area contributed by atoms with Crippen LogP contribution in [0.5, 0.6) is 0 Å². The number of benzene rings is 1. The van der Waals surface area contributed by atoms with Crippen molar-refractivity contribution in [3.8, 4) is 0 Å². The van der Waals surface area contributed by atoms with E-state index >= 15 is 0 Å². The second kappa shape index (κ2) is 7.11. The molecule has 0 bridgehead atoms. The third-order valence-electron chi connectivity index (χ3n) is 3.29. The van der Waals surface area contributed by atoms with Gasteiger partial charge in [0.2, 0.25) is 5.91 Å². The Morgan fingerprint density at radius 2 is 1.62 bits per heavy atom. The zero-order valence-corrected chi connectivity index (χ0v) is 14.5. The first-order valence-electron chi connectivity index (χ1n) is 7.90. The van der Waals surface area contributed by atoms with Gasteiger partial charge in [0.15, 0.2) is 0 Å². The van der Waals surface area contributed by atoms with Gasteiger partial charge in [0.1, 0.15) is 0 Å². The summed E-state index contributed by atoms with van der Waals surface area (Å²) in [6.07, 6.45) is 2.51. The summed E-state index contributed by atoms with van der Waals surface area (Å²) >= 11 is 0. The van der Waals surface area contributed by atoms with Gasteiger partial charge in [-0.1, -0.05) is 65.8 Å². The Bertz CT molecular complexity index is 463. The quantitative estimate of drug-likeness (QED) is 0.857. The highest BCUT2D eigenvalue weighted by Gasteiger charge is 2.13. The Hall–Kier alpha value is -1.31.